The fourth-order valence-corrected chi connectivity index (χ4v) is 1.38. The number of ether oxygens (including phenoxy) is 1. The van der Waals surface area contributed by atoms with Crippen LogP contribution in [0.15, 0.2) is 12.7 Å². The van der Waals surface area contributed by atoms with Crippen LogP contribution in [0.25, 0.3) is 0 Å². The Kier molecular flexibility index (Phi) is 9.67. The Morgan fingerprint density at radius 1 is 1.12 bits per heavy atom. The average molecular weight is 226 g/mol. The van der Waals surface area contributed by atoms with E-state index < -0.39 is 11.8 Å². The third kappa shape index (κ3) is 8.21. The zero-order valence-corrected chi connectivity index (χ0v) is 10.2. The lowest BCUT2D eigenvalue weighted by atomic mass is 10.1. The van der Waals surface area contributed by atoms with E-state index in [2.05, 4.69) is 18.2 Å². The van der Waals surface area contributed by atoms with E-state index in [4.69, 9.17) is 0 Å². The Morgan fingerprint density at radius 2 is 1.75 bits per heavy atom. The van der Waals surface area contributed by atoms with E-state index in [9.17, 15) is 9.59 Å². The molecule has 0 spiro atoms. The molecule has 3 nitrogen and oxygen atoms in total. The Bertz CT molecular complexity index is 221. The minimum atomic E-state index is -0.728. The summed E-state index contributed by atoms with van der Waals surface area (Å²) in [5.41, 5.74) is 0. The molecular formula is C13H22O3. The highest BCUT2D eigenvalue weighted by atomic mass is 16.5. The summed E-state index contributed by atoms with van der Waals surface area (Å²) in [7, 11) is 0. The second-order valence-electron chi connectivity index (χ2n) is 3.83. The lowest BCUT2D eigenvalue weighted by Gasteiger charge is -2.01. The fraction of sp³-hybridized carbons (Fsp3) is 0.692. The first-order valence-corrected chi connectivity index (χ1v) is 6.03. The number of hydrogen-bond acceptors (Lipinski definition) is 3. The number of unbranched alkanes of at least 4 members (excludes halogenated alkanes) is 5. The van der Waals surface area contributed by atoms with Gasteiger partial charge in [-0.1, -0.05) is 51.7 Å². The van der Waals surface area contributed by atoms with Gasteiger partial charge in [0.1, 0.15) is 6.61 Å². The molecule has 0 rings (SSSR count). The van der Waals surface area contributed by atoms with Crippen molar-refractivity contribution in [3.63, 3.8) is 0 Å². The third-order valence-electron chi connectivity index (χ3n) is 2.32. The van der Waals surface area contributed by atoms with Crippen LogP contribution in [-0.2, 0) is 14.3 Å². The van der Waals surface area contributed by atoms with Gasteiger partial charge in [-0.05, 0) is 6.42 Å². The van der Waals surface area contributed by atoms with E-state index in [0.717, 1.165) is 19.3 Å². The predicted molar refractivity (Wildman–Crippen MR) is 64.2 cm³/mol. The van der Waals surface area contributed by atoms with Gasteiger partial charge < -0.3 is 4.74 Å². The highest BCUT2D eigenvalue weighted by molar-refractivity contribution is 6.33. The van der Waals surface area contributed by atoms with E-state index in [0.29, 0.717) is 6.42 Å². The molecule has 0 aromatic rings. The predicted octanol–water partition coefficient (Wildman–Crippen LogP) is 3.04. The number of rotatable bonds is 10. The van der Waals surface area contributed by atoms with Crippen molar-refractivity contribution in [1.82, 2.24) is 0 Å². The second kappa shape index (κ2) is 10.4. The van der Waals surface area contributed by atoms with Crippen LogP contribution in [-0.4, -0.2) is 18.4 Å². The van der Waals surface area contributed by atoms with Gasteiger partial charge in [-0.25, -0.2) is 4.79 Å². The Morgan fingerprint density at radius 3 is 2.38 bits per heavy atom. The molecule has 0 saturated heterocycles. The molecule has 0 aliphatic carbocycles. The lowest BCUT2D eigenvalue weighted by Crippen LogP contribution is -2.17. The monoisotopic (exact) mass is 226 g/mol. The Labute approximate surface area is 97.9 Å². The molecule has 92 valence electrons. The minimum absolute atomic E-state index is 0.112. The molecule has 0 unspecified atom stereocenters. The summed E-state index contributed by atoms with van der Waals surface area (Å²) in [5.74, 6) is -1.15. The van der Waals surface area contributed by atoms with E-state index in [-0.39, 0.29) is 6.61 Å². The van der Waals surface area contributed by atoms with Crippen molar-refractivity contribution in [1.29, 1.82) is 0 Å². The van der Waals surface area contributed by atoms with Crippen molar-refractivity contribution >= 4 is 11.8 Å². The van der Waals surface area contributed by atoms with Crippen molar-refractivity contribution in [2.75, 3.05) is 6.61 Å². The summed E-state index contributed by atoms with van der Waals surface area (Å²) >= 11 is 0. The first kappa shape index (κ1) is 14.9. The van der Waals surface area contributed by atoms with Crippen LogP contribution < -0.4 is 0 Å². The molecule has 0 aliphatic heterocycles. The second-order valence-corrected chi connectivity index (χ2v) is 3.83. The van der Waals surface area contributed by atoms with Crippen LogP contribution in [0.1, 0.15) is 51.9 Å². The van der Waals surface area contributed by atoms with Crippen LogP contribution in [0.4, 0.5) is 0 Å². The molecule has 0 N–H and O–H groups in total. The molecule has 0 atom stereocenters. The molecule has 0 fully saturated rings. The van der Waals surface area contributed by atoms with Crippen molar-refractivity contribution in [3.8, 4) is 0 Å². The quantitative estimate of drug-likeness (QED) is 0.249. The Balaban J connectivity index is 3.42. The van der Waals surface area contributed by atoms with Gasteiger partial charge in [0.2, 0.25) is 5.78 Å². The Hall–Kier alpha value is -1.12. The van der Waals surface area contributed by atoms with Crippen molar-refractivity contribution in [2.24, 2.45) is 0 Å². The van der Waals surface area contributed by atoms with Gasteiger partial charge >= 0.3 is 5.97 Å². The lowest BCUT2D eigenvalue weighted by molar-refractivity contribution is -0.153. The van der Waals surface area contributed by atoms with Crippen LogP contribution in [0.2, 0.25) is 0 Å². The zero-order chi connectivity index (χ0) is 12.2. The van der Waals surface area contributed by atoms with E-state index in [1.165, 1.54) is 25.3 Å². The van der Waals surface area contributed by atoms with Crippen LogP contribution in [0.5, 0.6) is 0 Å². The molecular weight excluding hydrogens is 204 g/mol. The molecule has 0 saturated carbocycles. The minimum Gasteiger partial charge on any atom is -0.456 e. The largest absolute Gasteiger partial charge is 0.456 e. The third-order valence-corrected chi connectivity index (χ3v) is 2.32. The maximum Gasteiger partial charge on any atom is 0.374 e. The highest BCUT2D eigenvalue weighted by Crippen LogP contribution is 2.07. The standard InChI is InChI=1S/C13H22O3/c1-3-5-6-7-8-9-10-12(14)13(15)16-11-4-2/h4H,2-3,5-11H2,1H3. The summed E-state index contributed by atoms with van der Waals surface area (Å²) in [4.78, 5) is 22.3. The smallest absolute Gasteiger partial charge is 0.374 e. The summed E-state index contributed by atoms with van der Waals surface area (Å²) in [6, 6.07) is 0. The number of Topliss-reactive ketones (excluding diaryl/α,β-unsaturated/α-hetero) is 1. The van der Waals surface area contributed by atoms with Crippen LogP contribution >= 0.6 is 0 Å². The SMILES string of the molecule is C=CCOC(=O)C(=O)CCCCCCCC. The molecule has 0 aromatic carbocycles. The molecule has 0 bridgehead atoms. The number of esters is 1. The number of ketones is 1. The summed E-state index contributed by atoms with van der Waals surface area (Å²) in [5, 5.41) is 0. The summed E-state index contributed by atoms with van der Waals surface area (Å²) in [6.45, 7) is 5.69. The van der Waals surface area contributed by atoms with Gasteiger partial charge in [-0.2, -0.15) is 0 Å². The molecule has 3 heteroatoms. The topological polar surface area (TPSA) is 43.4 Å². The fourth-order valence-electron chi connectivity index (χ4n) is 1.38. The first-order chi connectivity index (χ1) is 7.72. The van der Waals surface area contributed by atoms with Crippen molar-refractivity contribution in [2.45, 2.75) is 51.9 Å². The van der Waals surface area contributed by atoms with Crippen LogP contribution in [0.3, 0.4) is 0 Å². The van der Waals surface area contributed by atoms with E-state index >= 15 is 0 Å². The molecule has 0 amide bonds. The van der Waals surface area contributed by atoms with Gasteiger partial charge in [0, 0.05) is 6.42 Å². The van der Waals surface area contributed by atoms with E-state index in [1.54, 1.807) is 0 Å². The number of carbonyl (C=O) groups is 2. The summed E-state index contributed by atoms with van der Waals surface area (Å²) in [6.07, 6.45) is 8.38. The van der Waals surface area contributed by atoms with Gasteiger partial charge in [0.05, 0.1) is 0 Å². The molecule has 0 heterocycles. The van der Waals surface area contributed by atoms with Gasteiger partial charge in [0.25, 0.3) is 0 Å². The number of carbonyl (C=O) groups excluding carboxylic acids is 2. The normalized spacial score (nSPS) is 9.81. The summed E-state index contributed by atoms with van der Waals surface area (Å²) < 4.78 is 4.64. The molecule has 16 heavy (non-hydrogen) atoms. The average Bonchev–Trinajstić information content (AvgIpc) is 2.30. The van der Waals surface area contributed by atoms with Crippen molar-refractivity contribution in [3.05, 3.63) is 12.7 Å². The van der Waals surface area contributed by atoms with Crippen molar-refractivity contribution < 1.29 is 14.3 Å². The molecule has 0 radical (unpaired) electrons. The highest BCUT2D eigenvalue weighted by Gasteiger charge is 2.13. The molecule has 0 aromatic heterocycles. The number of hydrogen-bond donors (Lipinski definition) is 0. The maximum absolute atomic E-state index is 11.2. The van der Waals surface area contributed by atoms with Gasteiger partial charge in [-0.15, -0.1) is 0 Å². The van der Waals surface area contributed by atoms with Crippen LogP contribution in [0, 0.1) is 0 Å². The molecule has 0 aliphatic rings. The van der Waals surface area contributed by atoms with E-state index in [1.807, 2.05) is 0 Å². The van der Waals surface area contributed by atoms with Gasteiger partial charge in [-0.3, -0.25) is 4.79 Å². The maximum atomic E-state index is 11.2. The van der Waals surface area contributed by atoms with Gasteiger partial charge in [0.15, 0.2) is 0 Å². The zero-order valence-electron chi connectivity index (χ0n) is 10.2. The first-order valence-electron chi connectivity index (χ1n) is 6.03.